The Bertz CT molecular complexity index is 885. The highest BCUT2D eigenvalue weighted by Gasteiger charge is 2.29. The molecular formula is C23H25ClN2O4. The summed E-state index contributed by atoms with van der Waals surface area (Å²) in [6.45, 7) is 1.91. The Morgan fingerprint density at radius 1 is 0.967 bits per heavy atom. The van der Waals surface area contributed by atoms with Gasteiger partial charge in [0, 0.05) is 30.2 Å². The van der Waals surface area contributed by atoms with Gasteiger partial charge in [-0.15, -0.1) is 0 Å². The average Bonchev–Trinajstić information content (AvgIpc) is 3.41. The van der Waals surface area contributed by atoms with Gasteiger partial charge < -0.3 is 19.3 Å². The van der Waals surface area contributed by atoms with Crippen molar-refractivity contribution in [3.8, 4) is 11.5 Å². The lowest BCUT2D eigenvalue weighted by molar-refractivity contribution is -0.134. The van der Waals surface area contributed by atoms with Gasteiger partial charge in [-0.2, -0.15) is 0 Å². The molecule has 2 aliphatic rings. The number of amides is 2. The predicted octanol–water partition coefficient (Wildman–Crippen LogP) is 3.92. The molecule has 7 heteroatoms. The van der Waals surface area contributed by atoms with Crippen LogP contribution in [0.15, 0.2) is 48.5 Å². The molecule has 158 valence electrons. The number of ether oxygens (including phenoxy) is 2. The molecule has 2 heterocycles. The molecule has 0 unspecified atom stereocenters. The zero-order chi connectivity index (χ0) is 20.9. The molecule has 2 aromatic rings. The molecule has 1 atom stereocenters. The largest absolute Gasteiger partial charge is 0.491 e. The first-order chi connectivity index (χ1) is 14.6. The highest BCUT2D eigenvalue weighted by molar-refractivity contribution is 6.30. The van der Waals surface area contributed by atoms with Crippen LogP contribution in [0.2, 0.25) is 5.02 Å². The first-order valence-corrected chi connectivity index (χ1v) is 10.7. The van der Waals surface area contributed by atoms with Gasteiger partial charge in [-0.25, -0.2) is 0 Å². The molecule has 2 amide bonds. The second-order valence-corrected chi connectivity index (χ2v) is 8.02. The summed E-state index contributed by atoms with van der Waals surface area (Å²) in [6.07, 6.45) is 3.37. The molecule has 0 aromatic heterocycles. The lowest BCUT2D eigenvalue weighted by atomic mass is 10.2. The third-order valence-corrected chi connectivity index (χ3v) is 5.79. The minimum absolute atomic E-state index is 0.0144. The van der Waals surface area contributed by atoms with Gasteiger partial charge in [-0.1, -0.05) is 11.6 Å². The van der Waals surface area contributed by atoms with Crippen molar-refractivity contribution in [2.45, 2.75) is 31.7 Å². The van der Waals surface area contributed by atoms with Gasteiger partial charge >= 0.3 is 0 Å². The fourth-order valence-corrected chi connectivity index (χ4v) is 4.06. The van der Waals surface area contributed by atoms with Crippen LogP contribution in [0.4, 0.5) is 5.69 Å². The summed E-state index contributed by atoms with van der Waals surface area (Å²) in [5.41, 5.74) is 0.870. The average molecular weight is 429 g/mol. The zero-order valence-electron chi connectivity index (χ0n) is 16.8. The van der Waals surface area contributed by atoms with Crippen molar-refractivity contribution < 1.29 is 19.1 Å². The number of hydrogen-bond donors (Lipinski definition) is 0. The number of carbonyl (C=O) groups excluding carboxylic acids is 2. The standard InChI is InChI=1S/C23H25ClN2O4/c24-17-5-9-20(10-6-17)29-15-19-3-1-13-26(19)23(28)16-30-21-11-7-18(8-12-21)25-14-2-4-22(25)27/h5-12,19H,1-4,13-16H2/t19-/m1/s1. The number of anilines is 1. The van der Waals surface area contributed by atoms with E-state index in [2.05, 4.69) is 0 Å². The first-order valence-electron chi connectivity index (χ1n) is 10.3. The van der Waals surface area contributed by atoms with Gasteiger partial charge in [0.15, 0.2) is 6.61 Å². The van der Waals surface area contributed by atoms with E-state index in [1.165, 1.54) is 0 Å². The second-order valence-electron chi connectivity index (χ2n) is 7.58. The highest BCUT2D eigenvalue weighted by Crippen LogP contribution is 2.25. The lowest BCUT2D eigenvalue weighted by Gasteiger charge is -2.25. The number of rotatable bonds is 7. The molecule has 2 saturated heterocycles. The molecule has 0 spiro atoms. The van der Waals surface area contributed by atoms with Crippen LogP contribution in [0.1, 0.15) is 25.7 Å². The van der Waals surface area contributed by atoms with Crippen LogP contribution >= 0.6 is 11.6 Å². The van der Waals surface area contributed by atoms with Crippen molar-refractivity contribution >= 4 is 29.1 Å². The fourth-order valence-electron chi connectivity index (χ4n) is 3.93. The van der Waals surface area contributed by atoms with Crippen molar-refractivity contribution in [2.75, 3.05) is 31.2 Å². The van der Waals surface area contributed by atoms with Crippen LogP contribution in [0, 0.1) is 0 Å². The molecule has 0 radical (unpaired) electrons. The zero-order valence-corrected chi connectivity index (χ0v) is 17.5. The Balaban J connectivity index is 1.27. The monoisotopic (exact) mass is 428 g/mol. The van der Waals surface area contributed by atoms with E-state index in [-0.39, 0.29) is 24.5 Å². The van der Waals surface area contributed by atoms with Crippen LogP contribution in [0.5, 0.6) is 11.5 Å². The van der Waals surface area contributed by atoms with Crippen LogP contribution in [-0.4, -0.2) is 49.1 Å². The normalized spacial score (nSPS) is 18.7. The smallest absolute Gasteiger partial charge is 0.260 e. The van der Waals surface area contributed by atoms with E-state index in [1.807, 2.05) is 29.2 Å². The minimum Gasteiger partial charge on any atom is -0.491 e. The number of halogens is 1. The maximum Gasteiger partial charge on any atom is 0.260 e. The minimum atomic E-state index is -0.0454. The van der Waals surface area contributed by atoms with E-state index >= 15 is 0 Å². The van der Waals surface area contributed by atoms with Gasteiger partial charge in [0.25, 0.3) is 5.91 Å². The molecule has 0 bridgehead atoms. The highest BCUT2D eigenvalue weighted by atomic mass is 35.5. The topological polar surface area (TPSA) is 59.1 Å². The predicted molar refractivity (Wildman–Crippen MR) is 115 cm³/mol. The molecule has 30 heavy (non-hydrogen) atoms. The fraction of sp³-hybridized carbons (Fsp3) is 0.391. The van der Waals surface area contributed by atoms with Crippen molar-refractivity contribution in [1.82, 2.24) is 4.90 Å². The summed E-state index contributed by atoms with van der Waals surface area (Å²) >= 11 is 5.90. The molecule has 0 N–H and O–H groups in total. The second kappa shape index (κ2) is 9.39. The summed E-state index contributed by atoms with van der Waals surface area (Å²) in [7, 11) is 0. The van der Waals surface area contributed by atoms with Crippen LogP contribution in [0.3, 0.4) is 0 Å². The third-order valence-electron chi connectivity index (χ3n) is 5.54. The Morgan fingerprint density at radius 3 is 2.37 bits per heavy atom. The third kappa shape index (κ3) is 4.87. The van der Waals surface area contributed by atoms with Gasteiger partial charge in [0.2, 0.25) is 5.91 Å². The number of hydrogen-bond acceptors (Lipinski definition) is 4. The number of likely N-dealkylation sites (tertiary alicyclic amines) is 1. The number of benzene rings is 2. The quantitative estimate of drug-likeness (QED) is 0.670. The Kier molecular flexibility index (Phi) is 6.43. The summed E-state index contributed by atoms with van der Waals surface area (Å²) < 4.78 is 11.5. The van der Waals surface area contributed by atoms with Crippen LogP contribution in [0.25, 0.3) is 0 Å². The van der Waals surface area contributed by atoms with Gasteiger partial charge in [-0.3, -0.25) is 9.59 Å². The van der Waals surface area contributed by atoms with E-state index in [0.29, 0.717) is 30.3 Å². The van der Waals surface area contributed by atoms with Gasteiger partial charge in [0.05, 0.1) is 6.04 Å². The molecule has 2 fully saturated rings. The van der Waals surface area contributed by atoms with Crippen molar-refractivity contribution in [3.63, 3.8) is 0 Å². The Morgan fingerprint density at radius 2 is 1.67 bits per heavy atom. The first kappa shape index (κ1) is 20.5. The summed E-state index contributed by atoms with van der Waals surface area (Å²) in [5.74, 6) is 1.47. The maximum atomic E-state index is 12.7. The molecule has 2 aromatic carbocycles. The molecule has 0 aliphatic carbocycles. The van der Waals surface area contributed by atoms with E-state index in [9.17, 15) is 9.59 Å². The summed E-state index contributed by atoms with van der Waals surface area (Å²) in [6, 6.07) is 14.6. The van der Waals surface area contributed by atoms with Crippen molar-refractivity contribution in [3.05, 3.63) is 53.6 Å². The number of nitrogens with zero attached hydrogens (tertiary/aromatic N) is 2. The Labute approximate surface area is 181 Å². The summed E-state index contributed by atoms with van der Waals surface area (Å²) in [5, 5.41) is 0.664. The molecular weight excluding hydrogens is 404 g/mol. The van der Waals surface area contributed by atoms with Gasteiger partial charge in [0.1, 0.15) is 18.1 Å². The van der Waals surface area contributed by atoms with Crippen LogP contribution < -0.4 is 14.4 Å². The number of carbonyl (C=O) groups is 2. The Hall–Kier alpha value is -2.73. The lowest BCUT2D eigenvalue weighted by Crippen LogP contribution is -2.41. The van der Waals surface area contributed by atoms with Gasteiger partial charge in [-0.05, 0) is 67.8 Å². The summed E-state index contributed by atoms with van der Waals surface area (Å²) in [4.78, 5) is 28.1. The molecule has 4 rings (SSSR count). The van der Waals surface area contributed by atoms with E-state index in [4.69, 9.17) is 21.1 Å². The van der Waals surface area contributed by atoms with E-state index < -0.39 is 0 Å². The molecule has 0 saturated carbocycles. The van der Waals surface area contributed by atoms with E-state index in [1.54, 1.807) is 29.2 Å². The molecule has 6 nitrogen and oxygen atoms in total. The SMILES string of the molecule is O=C1CCCN1c1ccc(OCC(=O)N2CCC[C@@H]2COc2ccc(Cl)cc2)cc1. The van der Waals surface area contributed by atoms with Crippen molar-refractivity contribution in [2.24, 2.45) is 0 Å². The van der Waals surface area contributed by atoms with Crippen molar-refractivity contribution in [1.29, 1.82) is 0 Å². The molecule has 2 aliphatic heterocycles. The van der Waals surface area contributed by atoms with Crippen LogP contribution in [-0.2, 0) is 9.59 Å². The van der Waals surface area contributed by atoms with E-state index in [0.717, 1.165) is 37.2 Å². The maximum absolute atomic E-state index is 12.7.